The van der Waals surface area contributed by atoms with Crippen molar-refractivity contribution in [2.24, 2.45) is 0 Å². The number of sulfonamides is 1. The van der Waals surface area contributed by atoms with Gasteiger partial charge in [-0.2, -0.15) is 0 Å². The summed E-state index contributed by atoms with van der Waals surface area (Å²) in [5, 5.41) is 3.88. The van der Waals surface area contributed by atoms with Crippen LogP contribution in [0, 0.1) is 0 Å². The molecule has 220 valence electrons. The molecule has 0 radical (unpaired) electrons. The number of benzene rings is 2. The molecule has 2 aromatic carbocycles. The van der Waals surface area contributed by atoms with Gasteiger partial charge in [0.15, 0.2) is 0 Å². The minimum atomic E-state index is -3.94. The SMILES string of the molecule is CCC(C(=O)NC1CCCCC1)N(Cc1ccc(Cl)cc1Cl)C(=O)CN(c1ccc(OC)cc1OC)S(C)(=O)=O. The zero-order valence-electron chi connectivity index (χ0n) is 23.3. The van der Waals surface area contributed by atoms with Crippen molar-refractivity contribution in [1.82, 2.24) is 10.2 Å². The molecule has 1 fully saturated rings. The van der Waals surface area contributed by atoms with E-state index in [0.29, 0.717) is 27.8 Å². The maximum absolute atomic E-state index is 14.0. The van der Waals surface area contributed by atoms with Crippen molar-refractivity contribution in [2.75, 3.05) is 31.3 Å². The standard InChI is InChI=1S/C28H37Cl2N3O6S/c1-5-24(28(35)31-21-9-7-6-8-10-21)32(17-19-11-12-20(29)15-23(19)30)27(34)18-33(40(4,36)37)25-14-13-22(38-2)16-26(25)39-3/h11-16,21,24H,5-10,17-18H2,1-4H3,(H,31,35). The molecule has 40 heavy (non-hydrogen) atoms. The van der Waals surface area contributed by atoms with Crippen molar-refractivity contribution in [3.63, 3.8) is 0 Å². The van der Waals surface area contributed by atoms with E-state index >= 15 is 0 Å². The number of carbonyl (C=O) groups excluding carboxylic acids is 2. The van der Waals surface area contributed by atoms with E-state index in [9.17, 15) is 18.0 Å². The minimum Gasteiger partial charge on any atom is -0.497 e. The van der Waals surface area contributed by atoms with Gasteiger partial charge in [0.05, 0.1) is 26.2 Å². The lowest BCUT2D eigenvalue weighted by Crippen LogP contribution is -2.54. The number of ether oxygens (including phenoxy) is 2. The molecule has 0 spiro atoms. The number of nitrogens with zero attached hydrogens (tertiary/aromatic N) is 2. The topological polar surface area (TPSA) is 105 Å². The lowest BCUT2D eigenvalue weighted by molar-refractivity contribution is -0.140. The van der Waals surface area contributed by atoms with Crippen LogP contribution in [0.4, 0.5) is 5.69 Å². The van der Waals surface area contributed by atoms with Crippen molar-refractivity contribution in [3.8, 4) is 11.5 Å². The number of methoxy groups -OCH3 is 2. The minimum absolute atomic E-state index is 0.0111. The highest BCUT2D eigenvalue weighted by atomic mass is 35.5. The van der Waals surface area contributed by atoms with Gasteiger partial charge >= 0.3 is 0 Å². The Labute approximate surface area is 246 Å². The smallest absolute Gasteiger partial charge is 0.244 e. The van der Waals surface area contributed by atoms with Gasteiger partial charge in [-0.15, -0.1) is 0 Å². The molecule has 0 bridgehead atoms. The fraction of sp³-hybridized carbons (Fsp3) is 0.500. The van der Waals surface area contributed by atoms with Gasteiger partial charge in [0.25, 0.3) is 0 Å². The molecule has 3 rings (SSSR count). The molecule has 9 nitrogen and oxygen atoms in total. The third-order valence-electron chi connectivity index (χ3n) is 7.03. The fourth-order valence-electron chi connectivity index (χ4n) is 4.88. The predicted molar refractivity (Wildman–Crippen MR) is 158 cm³/mol. The maximum Gasteiger partial charge on any atom is 0.244 e. The van der Waals surface area contributed by atoms with Crippen molar-refractivity contribution >= 4 is 50.7 Å². The van der Waals surface area contributed by atoms with Gasteiger partial charge < -0.3 is 19.7 Å². The van der Waals surface area contributed by atoms with Crippen LogP contribution in [0.5, 0.6) is 11.5 Å². The van der Waals surface area contributed by atoms with Crippen LogP contribution >= 0.6 is 23.2 Å². The van der Waals surface area contributed by atoms with E-state index in [0.717, 1.165) is 42.7 Å². The average molecular weight is 615 g/mol. The van der Waals surface area contributed by atoms with Gasteiger partial charge in [0, 0.05) is 28.7 Å². The molecule has 1 atom stereocenters. The van der Waals surface area contributed by atoms with Gasteiger partial charge in [0.1, 0.15) is 24.1 Å². The highest BCUT2D eigenvalue weighted by Gasteiger charge is 2.34. The van der Waals surface area contributed by atoms with Gasteiger partial charge in [-0.3, -0.25) is 13.9 Å². The van der Waals surface area contributed by atoms with Crippen molar-refractivity contribution < 1.29 is 27.5 Å². The van der Waals surface area contributed by atoms with Gasteiger partial charge in [0.2, 0.25) is 21.8 Å². The van der Waals surface area contributed by atoms with E-state index in [1.165, 1.54) is 31.3 Å². The number of amides is 2. The Morgan fingerprint density at radius 2 is 1.75 bits per heavy atom. The van der Waals surface area contributed by atoms with E-state index < -0.39 is 28.5 Å². The second-order valence-corrected chi connectivity index (χ2v) is 12.6. The Kier molecular flexibility index (Phi) is 11.4. The van der Waals surface area contributed by atoms with Crippen LogP contribution in [0.25, 0.3) is 0 Å². The van der Waals surface area contributed by atoms with Crippen molar-refractivity contribution in [3.05, 3.63) is 52.0 Å². The Morgan fingerprint density at radius 3 is 2.33 bits per heavy atom. The lowest BCUT2D eigenvalue weighted by Gasteiger charge is -2.34. The van der Waals surface area contributed by atoms with Gasteiger partial charge in [-0.25, -0.2) is 8.42 Å². The van der Waals surface area contributed by atoms with E-state index in [1.54, 1.807) is 24.3 Å². The maximum atomic E-state index is 14.0. The summed E-state index contributed by atoms with van der Waals surface area (Å²) < 4.78 is 37.5. The van der Waals surface area contributed by atoms with Crippen LogP contribution in [-0.2, 0) is 26.2 Å². The number of rotatable bonds is 12. The van der Waals surface area contributed by atoms with E-state index in [4.69, 9.17) is 32.7 Å². The van der Waals surface area contributed by atoms with Gasteiger partial charge in [-0.1, -0.05) is 55.5 Å². The first-order valence-corrected chi connectivity index (χ1v) is 15.8. The summed E-state index contributed by atoms with van der Waals surface area (Å²) in [5.41, 5.74) is 0.750. The Hall–Kier alpha value is -2.69. The molecule has 12 heteroatoms. The summed E-state index contributed by atoms with van der Waals surface area (Å²) in [5.74, 6) is -0.169. The molecule has 1 aliphatic rings. The molecule has 0 saturated heterocycles. The first-order chi connectivity index (χ1) is 19.0. The second kappa shape index (κ2) is 14.3. The molecule has 1 aliphatic carbocycles. The zero-order valence-corrected chi connectivity index (χ0v) is 25.6. The number of anilines is 1. The Bertz CT molecular complexity index is 1300. The average Bonchev–Trinajstić information content (AvgIpc) is 2.92. The molecule has 1 unspecified atom stereocenters. The summed E-state index contributed by atoms with van der Waals surface area (Å²) >= 11 is 12.5. The van der Waals surface area contributed by atoms with Crippen molar-refractivity contribution in [2.45, 2.75) is 64.1 Å². The third-order valence-corrected chi connectivity index (χ3v) is 8.74. The van der Waals surface area contributed by atoms with E-state index in [1.807, 2.05) is 6.92 Å². The summed E-state index contributed by atoms with van der Waals surface area (Å²) in [6.45, 7) is 1.25. The normalized spacial score (nSPS) is 14.8. The van der Waals surface area contributed by atoms with Crippen LogP contribution in [0.15, 0.2) is 36.4 Å². The first-order valence-electron chi connectivity index (χ1n) is 13.2. The highest BCUT2D eigenvalue weighted by Crippen LogP contribution is 2.34. The molecule has 1 N–H and O–H groups in total. The summed E-state index contributed by atoms with van der Waals surface area (Å²) in [4.78, 5) is 28.9. The number of halogens is 2. The Morgan fingerprint density at radius 1 is 1.05 bits per heavy atom. The molecule has 0 aliphatic heterocycles. The third kappa shape index (κ3) is 8.17. The number of nitrogens with one attached hydrogen (secondary N) is 1. The van der Waals surface area contributed by atoms with Crippen LogP contribution in [0.3, 0.4) is 0 Å². The number of hydrogen-bond acceptors (Lipinski definition) is 6. The largest absolute Gasteiger partial charge is 0.497 e. The van der Waals surface area contributed by atoms with Crippen LogP contribution in [0.2, 0.25) is 10.0 Å². The number of carbonyl (C=O) groups is 2. The lowest BCUT2D eigenvalue weighted by atomic mass is 9.95. The summed E-state index contributed by atoms with van der Waals surface area (Å²) in [6.07, 6.45) is 6.32. The molecule has 0 aromatic heterocycles. The fourth-order valence-corrected chi connectivity index (χ4v) is 6.20. The molecule has 2 amide bonds. The molecular formula is C28H37Cl2N3O6S. The second-order valence-electron chi connectivity index (χ2n) is 9.83. The van der Waals surface area contributed by atoms with E-state index in [2.05, 4.69) is 5.32 Å². The summed E-state index contributed by atoms with van der Waals surface area (Å²) in [6, 6.07) is 8.74. The van der Waals surface area contributed by atoms with E-state index in [-0.39, 0.29) is 29.9 Å². The van der Waals surface area contributed by atoms with Gasteiger partial charge in [-0.05, 0) is 49.1 Å². The Balaban J connectivity index is 1.99. The zero-order chi connectivity index (χ0) is 29.4. The van der Waals surface area contributed by atoms with Crippen LogP contribution in [-0.4, -0.2) is 64.2 Å². The molecule has 1 saturated carbocycles. The number of hydrogen-bond donors (Lipinski definition) is 1. The van der Waals surface area contributed by atoms with Crippen LogP contribution < -0.4 is 19.1 Å². The molecule has 2 aromatic rings. The molecular weight excluding hydrogens is 577 g/mol. The first kappa shape index (κ1) is 31.8. The van der Waals surface area contributed by atoms with Crippen LogP contribution in [0.1, 0.15) is 51.0 Å². The highest BCUT2D eigenvalue weighted by molar-refractivity contribution is 7.92. The summed E-state index contributed by atoms with van der Waals surface area (Å²) in [7, 11) is -1.06. The molecule has 0 heterocycles. The quantitative estimate of drug-likeness (QED) is 0.360. The van der Waals surface area contributed by atoms with Crippen molar-refractivity contribution in [1.29, 1.82) is 0 Å². The monoisotopic (exact) mass is 613 g/mol. The predicted octanol–water partition coefficient (Wildman–Crippen LogP) is 5.03.